The van der Waals surface area contributed by atoms with E-state index in [0.717, 1.165) is 17.7 Å². The van der Waals surface area contributed by atoms with Crippen molar-refractivity contribution in [3.05, 3.63) is 23.8 Å². The molecule has 5 heteroatoms. The predicted octanol–water partition coefficient (Wildman–Crippen LogP) is 3.35. The summed E-state index contributed by atoms with van der Waals surface area (Å²) in [6, 6.07) is 4.77. The van der Waals surface area contributed by atoms with Crippen LogP contribution in [0.3, 0.4) is 0 Å². The van der Waals surface area contributed by atoms with Gasteiger partial charge in [-0.05, 0) is 44.0 Å². The molecule has 0 aliphatic carbocycles. The predicted molar refractivity (Wildman–Crippen MR) is 71.7 cm³/mol. The Morgan fingerprint density at radius 2 is 1.83 bits per heavy atom. The SMILES string of the molecule is CC1(C)Cc2cc(S(=O)(=O)Cl)ccc2OC1(C)C. The lowest BCUT2D eigenvalue weighted by Gasteiger charge is -2.46. The number of hydrogen-bond donors (Lipinski definition) is 0. The van der Waals surface area contributed by atoms with Crippen molar-refractivity contribution in [3.63, 3.8) is 0 Å². The average Bonchev–Trinajstić information content (AvgIpc) is 2.16. The largest absolute Gasteiger partial charge is 0.487 e. The lowest BCUT2D eigenvalue weighted by molar-refractivity contribution is -0.0271. The molecule has 0 atom stereocenters. The Morgan fingerprint density at radius 1 is 1.22 bits per heavy atom. The minimum atomic E-state index is -3.69. The lowest BCUT2D eigenvalue weighted by Crippen LogP contribution is -2.48. The van der Waals surface area contributed by atoms with E-state index in [0.29, 0.717) is 0 Å². The molecule has 2 rings (SSSR count). The molecule has 1 heterocycles. The Hall–Kier alpha value is -0.740. The second kappa shape index (κ2) is 3.87. The van der Waals surface area contributed by atoms with Gasteiger partial charge in [0.15, 0.2) is 0 Å². The molecule has 0 radical (unpaired) electrons. The molecular weight excluding hydrogens is 272 g/mol. The van der Waals surface area contributed by atoms with Crippen LogP contribution in [0.4, 0.5) is 0 Å². The molecule has 0 amide bonds. The normalized spacial score (nSPS) is 20.9. The average molecular weight is 289 g/mol. The van der Waals surface area contributed by atoms with Crippen LogP contribution in [0.2, 0.25) is 0 Å². The van der Waals surface area contributed by atoms with E-state index in [9.17, 15) is 8.42 Å². The standard InChI is InChI=1S/C13H17ClO3S/c1-12(2)8-9-7-10(18(14,15)16)5-6-11(9)17-13(12,3)4/h5-7H,8H2,1-4H3. The van der Waals surface area contributed by atoms with Gasteiger partial charge in [0.25, 0.3) is 9.05 Å². The summed E-state index contributed by atoms with van der Waals surface area (Å²) in [5, 5.41) is 0. The Morgan fingerprint density at radius 3 is 2.39 bits per heavy atom. The fourth-order valence-corrected chi connectivity index (χ4v) is 2.85. The van der Waals surface area contributed by atoms with Crippen LogP contribution >= 0.6 is 10.7 Å². The summed E-state index contributed by atoms with van der Waals surface area (Å²) >= 11 is 0. The summed E-state index contributed by atoms with van der Waals surface area (Å²) in [4.78, 5) is 0.127. The number of halogens is 1. The summed E-state index contributed by atoms with van der Waals surface area (Å²) in [5.74, 6) is 0.739. The van der Waals surface area contributed by atoms with Crippen molar-refractivity contribution in [2.75, 3.05) is 0 Å². The molecule has 1 aromatic rings. The zero-order chi connectivity index (χ0) is 13.8. The molecule has 1 aromatic carbocycles. The fourth-order valence-electron chi connectivity index (χ4n) is 2.05. The molecule has 0 unspecified atom stereocenters. The molecule has 0 saturated carbocycles. The van der Waals surface area contributed by atoms with Crippen LogP contribution in [-0.4, -0.2) is 14.0 Å². The molecule has 3 nitrogen and oxygen atoms in total. The highest BCUT2D eigenvalue weighted by atomic mass is 35.7. The number of benzene rings is 1. The fraction of sp³-hybridized carbons (Fsp3) is 0.538. The molecule has 0 spiro atoms. The van der Waals surface area contributed by atoms with E-state index in [1.54, 1.807) is 12.1 Å². The van der Waals surface area contributed by atoms with Crippen LogP contribution < -0.4 is 4.74 Å². The van der Waals surface area contributed by atoms with Crippen LogP contribution in [0, 0.1) is 5.41 Å². The van der Waals surface area contributed by atoms with Crippen molar-refractivity contribution in [2.45, 2.75) is 44.6 Å². The molecule has 18 heavy (non-hydrogen) atoms. The van der Waals surface area contributed by atoms with E-state index in [1.807, 2.05) is 13.8 Å². The van der Waals surface area contributed by atoms with Crippen LogP contribution in [0.25, 0.3) is 0 Å². The molecule has 0 saturated heterocycles. The van der Waals surface area contributed by atoms with Gasteiger partial charge in [-0.2, -0.15) is 0 Å². The van der Waals surface area contributed by atoms with E-state index in [2.05, 4.69) is 13.8 Å². The van der Waals surface area contributed by atoms with Gasteiger partial charge in [0.2, 0.25) is 0 Å². The minimum absolute atomic E-state index is 0.0747. The molecule has 1 aliphatic rings. The topological polar surface area (TPSA) is 43.4 Å². The van der Waals surface area contributed by atoms with Crippen molar-refractivity contribution in [1.29, 1.82) is 0 Å². The van der Waals surface area contributed by atoms with Gasteiger partial charge < -0.3 is 4.74 Å². The maximum atomic E-state index is 11.3. The maximum Gasteiger partial charge on any atom is 0.261 e. The van der Waals surface area contributed by atoms with Crippen LogP contribution in [0.1, 0.15) is 33.3 Å². The highest BCUT2D eigenvalue weighted by Crippen LogP contribution is 2.45. The lowest BCUT2D eigenvalue weighted by atomic mass is 9.71. The summed E-state index contributed by atoms with van der Waals surface area (Å²) in [6.45, 7) is 8.31. The quantitative estimate of drug-likeness (QED) is 0.744. The van der Waals surface area contributed by atoms with Gasteiger partial charge in [0.1, 0.15) is 11.4 Å². The van der Waals surface area contributed by atoms with Crippen LogP contribution in [-0.2, 0) is 15.5 Å². The Balaban J connectivity index is 2.52. The van der Waals surface area contributed by atoms with Crippen molar-refractivity contribution in [2.24, 2.45) is 5.41 Å². The summed E-state index contributed by atoms with van der Waals surface area (Å²) in [5.41, 5.74) is 0.525. The zero-order valence-corrected chi connectivity index (χ0v) is 12.5. The molecule has 0 N–H and O–H groups in total. The molecule has 100 valence electrons. The van der Waals surface area contributed by atoms with Crippen molar-refractivity contribution in [1.82, 2.24) is 0 Å². The van der Waals surface area contributed by atoms with Gasteiger partial charge >= 0.3 is 0 Å². The second-order valence-corrected chi connectivity index (χ2v) is 8.45. The van der Waals surface area contributed by atoms with Gasteiger partial charge in [-0.15, -0.1) is 0 Å². The summed E-state index contributed by atoms with van der Waals surface area (Å²) < 4.78 is 28.6. The van der Waals surface area contributed by atoms with Crippen molar-refractivity contribution < 1.29 is 13.2 Å². The molecule has 0 bridgehead atoms. The first-order valence-electron chi connectivity index (χ1n) is 5.80. The Kier molecular flexibility index (Phi) is 2.95. The van der Waals surface area contributed by atoms with Gasteiger partial charge in [0, 0.05) is 16.1 Å². The first-order valence-corrected chi connectivity index (χ1v) is 8.10. The molecule has 0 fully saturated rings. The summed E-state index contributed by atoms with van der Waals surface area (Å²) in [7, 11) is 1.67. The number of hydrogen-bond acceptors (Lipinski definition) is 3. The molecular formula is C13H17ClO3S. The third kappa shape index (κ3) is 2.24. The maximum absolute atomic E-state index is 11.3. The monoisotopic (exact) mass is 288 g/mol. The molecule has 1 aliphatic heterocycles. The van der Waals surface area contributed by atoms with Gasteiger partial charge in [-0.1, -0.05) is 13.8 Å². The van der Waals surface area contributed by atoms with E-state index in [4.69, 9.17) is 15.4 Å². The van der Waals surface area contributed by atoms with Crippen molar-refractivity contribution >= 4 is 19.7 Å². The third-order valence-electron chi connectivity index (χ3n) is 3.94. The van der Waals surface area contributed by atoms with Gasteiger partial charge in [-0.25, -0.2) is 8.42 Å². The summed E-state index contributed by atoms with van der Waals surface area (Å²) in [6.07, 6.45) is 0.760. The van der Waals surface area contributed by atoms with Crippen LogP contribution in [0.15, 0.2) is 23.1 Å². The third-order valence-corrected chi connectivity index (χ3v) is 5.29. The number of ether oxygens (including phenoxy) is 1. The van der Waals surface area contributed by atoms with E-state index < -0.39 is 9.05 Å². The van der Waals surface area contributed by atoms with E-state index >= 15 is 0 Å². The Labute approximate surface area is 113 Å². The smallest absolute Gasteiger partial charge is 0.261 e. The molecule has 0 aromatic heterocycles. The van der Waals surface area contributed by atoms with Gasteiger partial charge in [0.05, 0.1) is 4.90 Å². The Bertz CT molecular complexity index is 588. The second-order valence-electron chi connectivity index (χ2n) is 5.88. The van der Waals surface area contributed by atoms with Crippen LogP contribution in [0.5, 0.6) is 5.75 Å². The first-order chi connectivity index (χ1) is 8.03. The minimum Gasteiger partial charge on any atom is -0.487 e. The van der Waals surface area contributed by atoms with E-state index in [-0.39, 0.29) is 15.9 Å². The number of rotatable bonds is 1. The van der Waals surface area contributed by atoms with Gasteiger partial charge in [-0.3, -0.25) is 0 Å². The zero-order valence-electron chi connectivity index (χ0n) is 11.0. The van der Waals surface area contributed by atoms with Crippen molar-refractivity contribution in [3.8, 4) is 5.75 Å². The highest BCUT2D eigenvalue weighted by molar-refractivity contribution is 8.13. The number of fused-ring (bicyclic) bond motifs is 1. The highest BCUT2D eigenvalue weighted by Gasteiger charge is 2.43. The van der Waals surface area contributed by atoms with E-state index in [1.165, 1.54) is 6.07 Å². The first kappa shape index (κ1) is 13.7.